The van der Waals surface area contributed by atoms with Gasteiger partial charge in [-0.25, -0.2) is 0 Å². The van der Waals surface area contributed by atoms with Gasteiger partial charge in [0.2, 0.25) is 5.91 Å². The van der Waals surface area contributed by atoms with Crippen LogP contribution < -0.4 is 5.32 Å². The number of carbonyl (C=O) groups excluding carboxylic acids is 1. The van der Waals surface area contributed by atoms with Crippen LogP contribution in [-0.2, 0) is 37.2 Å². The molecule has 1 amide bonds. The van der Waals surface area contributed by atoms with Gasteiger partial charge in [0.15, 0.2) is 0 Å². The molecule has 0 aliphatic heterocycles. The minimum Gasteiger partial charge on any atom is -0.352 e. The fraction of sp³-hybridized carbons (Fsp3) is 0.0952. The van der Waals surface area contributed by atoms with E-state index in [1.807, 2.05) is 134 Å². The second-order valence-electron chi connectivity index (χ2n) is 10.7. The topological polar surface area (TPSA) is 93.6 Å². The van der Waals surface area contributed by atoms with E-state index in [1.165, 1.54) is 5.56 Å². The van der Waals surface area contributed by atoms with Crippen LogP contribution in [0, 0.1) is 12.1 Å². The zero-order valence-electron chi connectivity index (χ0n) is 27.8. The largest absolute Gasteiger partial charge is 0.352 e. The fourth-order valence-electron chi connectivity index (χ4n) is 4.47. The first-order valence-corrected chi connectivity index (χ1v) is 17.3. The van der Waals surface area contributed by atoms with Crippen molar-refractivity contribution in [3.63, 3.8) is 0 Å². The molecule has 0 aliphatic rings. The third kappa shape index (κ3) is 13.8. The van der Waals surface area contributed by atoms with Crippen molar-refractivity contribution in [2.45, 2.75) is 18.7 Å². The Morgan fingerprint density at radius 3 is 1.65 bits per heavy atom. The Labute approximate surface area is 317 Å². The van der Waals surface area contributed by atoms with Crippen molar-refractivity contribution in [3.8, 4) is 33.9 Å². The summed E-state index contributed by atoms with van der Waals surface area (Å²) in [7, 11) is 0. The Hall–Kier alpha value is -5.34. The van der Waals surface area contributed by atoms with Crippen molar-refractivity contribution in [1.82, 2.24) is 30.2 Å². The standard InChI is InChI=1S/C20H20N4OS.2C11H8N.Ir/c25-20(8-11-26-15-17-4-3-9-21-12-17)24-14-16-6-7-19(23-13-16)18-5-1-2-10-22-18;2*1-2-6-10(7-3-1)11-8-4-5-9-12-11;/h1-7,9-10,12-13H,8,11,14-15H2,(H,24,25);2*1-6,8-9H;/q;2*-1;. The van der Waals surface area contributed by atoms with Crippen LogP contribution in [0.25, 0.3) is 33.9 Å². The molecule has 7 nitrogen and oxygen atoms in total. The van der Waals surface area contributed by atoms with Gasteiger partial charge in [-0.1, -0.05) is 42.5 Å². The Morgan fingerprint density at radius 2 is 1.16 bits per heavy atom. The van der Waals surface area contributed by atoms with E-state index in [2.05, 4.69) is 42.4 Å². The molecule has 1 radical (unpaired) electrons. The normalized spacial score (nSPS) is 9.88. The summed E-state index contributed by atoms with van der Waals surface area (Å²) < 4.78 is 0. The zero-order valence-corrected chi connectivity index (χ0v) is 31.0. The number of rotatable bonds is 10. The van der Waals surface area contributed by atoms with Crippen LogP contribution in [0.3, 0.4) is 0 Å². The van der Waals surface area contributed by atoms with E-state index in [9.17, 15) is 4.79 Å². The maximum Gasteiger partial charge on any atom is 0.221 e. The summed E-state index contributed by atoms with van der Waals surface area (Å²) in [5.41, 5.74) is 7.84. The molecule has 7 rings (SSSR count). The second-order valence-corrected chi connectivity index (χ2v) is 11.8. The third-order valence-electron chi connectivity index (χ3n) is 7.01. The zero-order chi connectivity index (χ0) is 34.5. The van der Waals surface area contributed by atoms with E-state index in [1.54, 1.807) is 42.7 Å². The molecule has 2 aromatic carbocycles. The first-order chi connectivity index (χ1) is 24.7. The summed E-state index contributed by atoms with van der Waals surface area (Å²) in [6.07, 6.45) is 11.2. The Balaban J connectivity index is 0.000000193. The summed E-state index contributed by atoms with van der Waals surface area (Å²) in [5.74, 6) is 1.72. The number of aromatic nitrogens is 5. The molecular formula is C42H36IrN6OS-2. The number of benzene rings is 2. The molecule has 0 aliphatic carbocycles. The number of amides is 1. The van der Waals surface area contributed by atoms with Crippen LogP contribution in [0.4, 0.5) is 0 Å². The van der Waals surface area contributed by atoms with Gasteiger partial charge in [0.05, 0.1) is 11.4 Å². The molecule has 0 atom stereocenters. The van der Waals surface area contributed by atoms with Crippen LogP contribution in [-0.4, -0.2) is 36.6 Å². The SMILES string of the molecule is O=C(CCSCc1cccnc1)NCc1ccc(-c2ccccn2)nc1.[Ir].[c-]1ccccc1-c1ccccn1.[c-]1ccccc1-c1ccccn1. The van der Waals surface area contributed by atoms with Gasteiger partial charge in [-0.2, -0.15) is 11.8 Å². The van der Waals surface area contributed by atoms with Crippen molar-refractivity contribution in [1.29, 1.82) is 0 Å². The van der Waals surface area contributed by atoms with E-state index in [-0.39, 0.29) is 26.0 Å². The molecular weight excluding hydrogens is 829 g/mol. The number of hydrogen-bond acceptors (Lipinski definition) is 7. The van der Waals surface area contributed by atoms with Gasteiger partial charge in [0, 0.05) is 81.8 Å². The number of hydrogen-bond donors (Lipinski definition) is 1. The number of carbonyl (C=O) groups is 1. The van der Waals surface area contributed by atoms with Crippen molar-refractivity contribution in [2.24, 2.45) is 0 Å². The summed E-state index contributed by atoms with van der Waals surface area (Å²) in [6.45, 7) is 0.488. The minimum atomic E-state index is 0. The molecule has 9 heteroatoms. The molecule has 0 fully saturated rings. The minimum absolute atomic E-state index is 0. The maximum absolute atomic E-state index is 11.9. The number of pyridine rings is 5. The van der Waals surface area contributed by atoms with E-state index >= 15 is 0 Å². The van der Waals surface area contributed by atoms with Crippen LogP contribution in [0.2, 0.25) is 0 Å². The number of nitrogens with zero attached hydrogens (tertiary/aromatic N) is 5. The van der Waals surface area contributed by atoms with E-state index < -0.39 is 0 Å². The van der Waals surface area contributed by atoms with Crippen LogP contribution in [0.15, 0.2) is 165 Å². The van der Waals surface area contributed by atoms with Gasteiger partial charge in [0.1, 0.15) is 0 Å². The average Bonchev–Trinajstić information content (AvgIpc) is 3.21. The number of nitrogens with one attached hydrogen (secondary N) is 1. The smallest absolute Gasteiger partial charge is 0.221 e. The van der Waals surface area contributed by atoms with Crippen molar-refractivity contribution >= 4 is 17.7 Å². The first kappa shape index (κ1) is 38.5. The molecule has 51 heavy (non-hydrogen) atoms. The monoisotopic (exact) mass is 865 g/mol. The van der Waals surface area contributed by atoms with E-state index in [4.69, 9.17) is 0 Å². The summed E-state index contributed by atoms with van der Waals surface area (Å²) in [6, 6.07) is 47.2. The molecule has 0 saturated carbocycles. The van der Waals surface area contributed by atoms with Crippen molar-refractivity contribution < 1.29 is 24.9 Å². The van der Waals surface area contributed by atoms with Crippen LogP contribution in [0.1, 0.15) is 17.5 Å². The van der Waals surface area contributed by atoms with Gasteiger partial charge in [0.25, 0.3) is 0 Å². The second kappa shape index (κ2) is 22.4. The maximum atomic E-state index is 11.9. The van der Waals surface area contributed by atoms with Gasteiger partial charge < -0.3 is 15.3 Å². The van der Waals surface area contributed by atoms with Gasteiger partial charge in [-0.3, -0.25) is 19.7 Å². The molecule has 5 aromatic heterocycles. The summed E-state index contributed by atoms with van der Waals surface area (Å²) in [5, 5.41) is 2.94. The molecule has 0 spiro atoms. The van der Waals surface area contributed by atoms with Gasteiger partial charge >= 0.3 is 0 Å². The Kier molecular flexibility index (Phi) is 16.9. The molecule has 1 N–H and O–H groups in total. The third-order valence-corrected chi connectivity index (χ3v) is 8.04. The van der Waals surface area contributed by atoms with Crippen molar-refractivity contribution in [3.05, 3.63) is 188 Å². The van der Waals surface area contributed by atoms with E-state index in [0.717, 1.165) is 51.0 Å². The van der Waals surface area contributed by atoms with Crippen LogP contribution >= 0.6 is 11.8 Å². The fourth-order valence-corrected chi connectivity index (χ4v) is 5.35. The van der Waals surface area contributed by atoms with Gasteiger partial charge in [-0.05, 0) is 58.9 Å². The Bertz CT molecular complexity index is 1790. The van der Waals surface area contributed by atoms with Crippen molar-refractivity contribution in [2.75, 3.05) is 5.75 Å². The average molecular weight is 865 g/mol. The number of thioether (sulfide) groups is 1. The molecule has 7 aromatic rings. The predicted molar refractivity (Wildman–Crippen MR) is 201 cm³/mol. The summed E-state index contributed by atoms with van der Waals surface area (Å²) in [4.78, 5) is 33.2. The Morgan fingerprint density at radius 1 is 0.569 bits per heavy atom. The van der Waals surface area contributed by atoms with Gasteiger partial charge in [-0.15, -0.1) is 71.8 Å². The quantitative estimate of drug-likeness (QED) is 0.109. The first-order valence-electron chi connectivity index (χ1n) is 16.1. The summed E-state index contributed by atoms with van der Waals surface area (Å²) >= 11 is 1.74. The van der Waals surface area contributed by atoms with E-state index in [0.29, 0.717) is 13.0 Å². The molecule has 257 valence electrons. The molecule has 5 heterocycles. The molecule has 0 bridgehead atoms. The van der Waals surface area contributed by atoms with Crippen LogP contribution in [0.5, 0.6) is 0 Å². The predicted octanol–water partition coefficient (Wildman–Crippen LogP) is 8.57. The molecule has 0 saturated heterocycles. The molecule has 0 unspecified atom stereocenters.